The van der Waals surface area contributed by atoms with Gasteiger partial charge in [0.05, 0.1) is 0 Å². The molecule has 0 radical (unpaired) electrons. The average Bonchev–Trinajstić information content (AvgIpc) is 2.91. The van der Waals surface area contributed by atoms with Crippen molar-refractivity contribution < 1.29 is 0 Å². The second-order valence-electron chi connectivity index (χ2n) is 4.65. The quantitative estimate of drug-likeness (QED) is 0.672. The summed E-state index contributed by atoms with van der Waals surface area (Å²) in [6.45, 7) is 2.12. The van der Waals surface area contributed by atoms with E-state index in [0.717, 1.165) is 12.1 Å². The molecule has 3 aromatic rings. The number of hydrogen-bond acceptors (Lipinski definition) is 1. The Balaban J connectivity index is 1.80. The van der Waals surface area contributed by atoms with Crippen LogP contribution in [0.25, 0.3) is 11.3 Å². The molecule has 0 bridgehead atoms. The number of nitrogens with zero attached hydrogens (tertiary/aromatic N) is 1. The van der Waals surface area contributed by atoms with E-state index in [4.69, 9.17) is 4.98 Å². The van der Waals surface area contributed by atoms with E-state index in [0.29, 0.717) is 14.5 Å². The van der Waals surface area contributed by atoms with Gasteiger partial charge in [-0.1, -0.05) is 0 Å². The first-order valence-electron chi connectivity index (χ1n) is 6.36. The van der Waals surface area contributed by atoms with E-state index in [1.54, 1.807) is 0 Å². The number of rotatable bonds is 3. The van der Waals surface area contributed by atoms with Crippen molar-refractivity contribution >= 4 is 14.5 Å². The monoisotopic (exact) mass is 313 g/mol. The van der Waals surface area contributed by atoms with Crippen LogP contribution in [-0.2, 0) is 6.42 Å². The molecule has 3 rings (SSSR count). The van der Waals surface area contributed by atoms with Gasteiger partial charge in [-0.3, -0.25) is 0 Å². The van der Waals surface area contributed by atoms with Crippen LogP contribution in [0.4, 0.5) is 0 Å². The molecular formula is C17H15NSe. The first-order valence-corrected chi connectivity index (χ1v) is 8.21. The van der Waals surface area contributed by atoms with Gasteiger partial charge in [0, 0.05) is 0 Å². The van der Waals surface area contributed by atoms with E-state index in [1.165, 1.54) is 21.3 Å². The molecule has 19 heavy (non-hydrogen) atoms. The first-order chi connectivity index (χ1) is 9.31. The fraction of sp³-hybridized carbons (Fsp3) is 0.118. The molecule has 0 saturated carbocycles. The Kier molecular flexibility index (Phi) is 3.63. The molecule has 0 amide bonds. The topological polar surface area (TPSA) is 12.9 Å². The molecule has 1 nitrogen and oxygen atoms in total. The van der Waals surface area contributed by atoms with Crippen LogP contribution in [-0.4, -0.2) is 19.5 Å². The second-order valence-corrected chi connectivity index (χ2v) is 6.63. The van der Waals surface area contributed by atoms with Gasteiger partial charge in [0.2, 0.25) is 0 Å². The van der Waals surface area contributed by atoms with Gasteiger partial charge < -0.3 is 0 Å². The van der Waals surface area contributed by atoms with Gasteiger partial charge in [-0.25, -0.2) is 0 Å². The molecule has 0 unspecified atom stereocenters. The summed E-state index contributed by atoms with van der Waals surface area (Å²) < 4.78 is 1.32. The minimum absolute atomic E-state index is 0.399. The van der Waals surface area contributed by atoms with E-state index in [1.807, 2.05) is 6.07 Å². The molecule has 0 spiro atoms. The van der Waals surface area contributed by atoms with Crippen LogP contribution < -0.4 is 0 Å². The van der Waals surface area contributed by atoms with Gasteiger partial charge in [0.1, 0.15) is 0 Å². The van der Waals surface area contributed by atoms with Crippen molar-refractivity contribution in [2.75, 3.05) is 0 Å². The molecule has 0 aliphatic carbocycles. The second kappa shape index (κ2) is 5.56. The van der Waals surface area contributed by atoms with Gasteiger partial charge in [0.25, 0.3) is 0 Å². The van der Waals surface area contributed by atoms with Crippen molar-refractivity contribution in [1.29, 1.82) is 0 Å². The summed E-state index contributed by atoms with van der Waals surface area (Å²) in [7, 11) is 0. The van der Waals surface area contributed by atoms with Crippen LogP contribution >= 0.6 is 0 Å². The van der Waals surface area contributed by atoms with E-state index < -0.39 is 0 Å². The number of benzene rings is 2. The van der Waals surface area contributed by atoms with Crippen LogP contribution in [0, 0.1) is 6.92 Å². The number of aryl methyl sites for hydroxylation is 1. The van der Waals surface area contributed by atoms with E-state index in [-0.39, 0.29) is 0 Å². The predicted octanol–water partition coefficient (Wildman–Crippen LogP) is 3.70. The van der Waals surface area contributed by atoms with E-state index >= 15 is 0 Å². The summed E-state index contributed by atoms with van der Waals surface area (Å²) in [5, 5.41) is 0. The zero-order chi connectivity index (χ0) is 13.1. The molecule has 2 aromatic carbocycles. The zero-order valence-corrected chi connectivity index (χ0v) is 12.5. The Labute approximate surface area is 119 Å². The Morgan fingerprint density at radius 1 is 0.947 bits per heavy atom. The molecule has 1 aromatic heterocycles. The van der Waals surface area contributed by atoms with Gasteiger partial charge in [0.15, 0.2) is 0 Å². The van der Waals surface area contributed by atoms with Crippen molar-refractivity contribution in [3.8, 4) is 11.3 Å². The first kappa shape index (κ1) is 12.4. The summed E-state index contributed by atoms with van der Waals surface area (Å²) in [5.74, 6) is 0. The standard InChI is InChI=1S/C17H15NSe/c1-13-7-9-14(10-8-13)11-17-18-16(12-19-17)15-5-3-2-4-6-15/h2-10,12H,11H2,1H3. The molecule has 0 aliphatic heterocycles. The predicted molar refractivity (Wildman–Crippen MR) is 80.6 cm³/mol. The molecule has 0 atom stereocenters. The number of aromatic nitrogens is 1. The van der Waals surface area contributed by atoms with Gasteiger partial charge in [-0.2, -0.15) is 0 Å². The molecular weight excluding hydrogens is 297 g/mol. The van der Waals surface area contributed by atoms with Crippen molar-refractivity contribution in [1.82, 2.24) is 4.98 Å². The van der Waals surface area contributed by atoms with E-state index in [2.05, 4.69) is 60.4 Å². The third kappa shape index (κ3) is 3.04. The Morgan fingerprint density at radius 2 is 1.68 bits per heavy atom. The normalized spacial score (nSPS) is 10.6. The average molecular weight is 312 g/mol. The van der Waals surface area contributed by atoms with Crippen LogP contribution in [0.2, 0.25) is 0 Å². The maximum absolute atomic E-state index is 4.78. The molecule has 0 aliphatic rings. The Bertz CT molecular complexity index is 653. The van der Waals surface area contributed by atoms with Crippen molar-refractivity contribution in [2.45, 2.75) is 13.3 Å². The molecule has 0 fully saturated rings. The molecule has 0 saturated heterocycles. The van der Waals surface area contributed by atoms with Gasteiger partial charge in [-0.05, 0) is 0 Å². The summed E-state index contributed by atoms with van der Waals surface area (Å²) >= 11 is 0.399. The fourth-order valence-corrected chi connectivity index (χ4v) is 3.77. The summed E-state index contributed by atoms with van der Waals surface area (Å²) in [6.07, 6.45) is 0.979. The summed E-state index contributed by atoms with van der Waals surface area (Å²) in [4.78, 5) is 7.07. The van der Waals surface area contributed by atoms with Gasteiger partial charge in [-0.15, -0.1) is 0 Å². The molecule has 0 N–H and O–H groups in total. The van der Waals surface area contributed by atoms with Crippen molar-refractivity contribution in [3.63, 3.8) is 0 Å². The van der Waals surface area contributed by atoms with Crippen LogP contribution in [0.3, 0.4) is 0 Å². The Morgan fingerprint density at radius 3 is 2.42 bits per heavy atom. The SMILES string of the molecule is Cc1ccc(Cc2nc(-c3ccccc3)c[se]2)cc1. The third-order valence-electron chi connectivity index (χ3n) is 3.10. The minimum atomic E-state index is 0.399. The van der Waals surface area contributed by atoms with Gasteiger partial charge >= 0.3 is 119 Å². The summed E-state index contributed by atoms with van der Waals surface area (Å²) in [6, 6.07) is 19.2. The van der Waals surface area contributed by atoms with Crippen molar-refractivity contribution in [3.05, 3.63) is 75.2 Å². The fourth-order valence-electron chi connectivity index (χ4n) is 2.01. The summed E-state index contributed by atoms with van der Waals surface area (Å²) in [5.41, 5.74) is 5.03. The van der Waals surface area contributed by atoms with E-state index in [9.17, 15) is 0 Å². The third-order valence-corrected chi connectivity index (χ3v) is 4.88. The maximum atomic E-state index is 4.78. The molecule has 1 heterocycles. The zero-order valence-electron chi connectivity index (χ0n) is 10.8. The Hall–Kier alpha value is -1.63. The van der Waals surface area contributed by atoms with Crippen LogP contribution in [0.15, 0.2) is 59.5 Å². The molecule has 94 valence electrons. The van der Waals surface area contributed by atoms with Crippen LogP contribution in [0.1, 0.15) is 15.7 Å². The van der Waals surface area contributed by atoms with Crippen LogP contribution in [0.5, 0.6) is 0 Å². The molecule has 2 heteroatoms. The van der Waals surface area contributed by atoms with Crippen molar-refractivity contribution in [2.24, 2.45) is 0 Å². The number of hydrogen-bond donors (Lipinski definition) is 0.